The van der Waals surface area contributed by atoms with Crippen LogP contribution in [0.5, 0.6) is 0 Å². The van der Waals surface area contributed by atoms with Gasteiger partial charge in [-0.25, -0.2) is 0 Å². The summed E-state index contributed by atoms with van der Waals surface area (Å²) in [4.78, 5) is 0. The van der Waals surface area contributed by atoms with E-state index in [1.165, 1.54) is 5.75 Å². The first-order valence-corrected chi connectivity index (χ1v) is 3.89. The van der Waals surface area contributed by atoms with Gasteiger partial charge in [-0.2, -0.15) is 11.8 Å². The topological polar surface area (TPSA) is 26.0 Å². The Morgan fingerprint density at radius 2 is 2.29 bits per heavy atom. The minimum Gasteiger partial charge on any atom is -0.330 e. The molecule has 0 aromatic heterocycles. The van der Waals surface area contributed by atoms with Crippen LogP contribution in [-0.4, -0.2) is 18.6 Å². The lowest BCUT2D eigenvalue weighted by molar-refractivity contribution is 0.676. The minimum atomic E-state index is 0.690. The van der Waals surface area contributed by atoms with Crippen LogP contribution in [0.4, 0.5) is 0 Å². The Labute approximate surface area is 49.7 Å². The molecule has 0 spiro atoms. The van der Waals surface area contributed by atoms with Gasteiger partial charge < -0.3 is 5.73 Å². The molecule has 1 nitrogen and oxygen atoms in total. The molecule has 0 rings (SSSR count). The van der Waals surface area contributed by atoms with Gasteiger partial charge in [0, 0.05) is 0 Å². The molecular formula is C5H13NS. The first-order valence-electron chi connectivity index (χ1n) is 2.50. The summed E-state index contributed by atoms with van der Waals surface area (Å²) in [5.41, 5.74) is 5.34. The molecule has 0 unspecified atom stereocenters. The molecule has 2 heteroatoms. The molecule has 0 aliphatic heterocycles. The van der Waals surface area contributed by atoms with Crippen LogP contribution in [0.2, 0.25) is 0 Å². The molecule has 0 aromatic carbocycles. The zero-order valence-corrected chi connectivity index (χ0v) is 5.79. The second kappa shape index (κ2) is 4.47. The number of nitrogens with two attached hydrogens (primary N) is 1. The maximum Gasteiger partial charge on any atom is -0.00325 e. The minimum absolute atomic E-state index is 0.690. The van der Waals surface area contributed by atoms with Gasteiger partial charge in [0.15, 0.2) is 0 Å². The summed E-state index contributed by atoms with van der Waals surface area (Å²) in [6.45, 7) is 2.98. The molecule has 2 N–H and O–H groups in total. The van der Waals surface area contributed by atoms with E-state index in [0.29, 0.717) is 5.92 Å². The van der Waals surface area contributed by atoms with Gasteiger partial charge in [-0.05, 0) is 24.5 Å². The van der Waals surface area contributed by atoms with Gasteiger partial charge in [0.05, 0.1) is 0 Å². The smallest absolute Gasteiger partial charge is 0.00325 e. The average Bonchev–Trinajstić information content (AvgIpc) is 1.68. The molecule has 0 saturated carbocycles. The van der Waals surface area contributed by atoms with Crippen LogP contribution in [-0.2, 0) is 0 Å². The maximum atomic E-state index is 5.34. The van der Waals surface area contributed by atoms with Gasteiger partial charge in [-0.1, -0.05) is 6.92 Å². The van der Waals surface area contributed by atoms with E-state index in [2.05, 4.69) is 13.2 Å². The molecule has 7 heavy (non-hydrogen) atoms. The second-order valence-corrected chi connectivity index (χ2v) is 2.71. The zero-order valence-electron chi connectivity index (χ0n) is 4.98. The Balaban J connectivity index is 2.83. The monoisotopic (exact) mass is 119 g/mol. The molecule has 0 radical (unpaired) electrons. The molecule has 44 valence electrons. The highest BCUT2D eigenvalue weighted by Crippen LogP contribution is 2.00. The standard InChI is InChI=1S/C5H13NS/c1-5(3-6)4-7-2/h5H,3-4,6H2,1-2H3/t5-/m1/s1. The van der Waals surface area contributed by atoms with Crippen molar-refractivity contribution in [2.24, 2.45) is 11.7 Å². The van der Waals surface area contributed by atoms with Crippen LogP contribution >= 0.6 is 11.8 Å². The van der Waals surface area contributed by atoms with Crippen LogP contribution in [0, 0.1) is 5.92 Å². The first-order chi connectivity index (χ1) is 3.31. The number of thioether (sulfide) groups is 1. The highest BCUT2D eigenvalue weighted by atomic mass is 32.2. The van der Waals surface area contributed by atoms with Crippen LogP contribution < -0.4 is 5.73 Å². The van der Waals surface area contributed by atoms with Crippen molar-refractivity contribution in [1.82, 2.24) is 0 Å². The molecule has 0 heterocycles. The lowest BCUT2D eigenvalue weighted by atomic mass is 10.2. The fraction of sp³-hybridized carbons (Fsp3) is 1.00. The molecule has 0 amide bonds. The normalized spacial score (nSPS) is 14.1. The maximum absolute atomic E-state index is 5.34. The summed E-state index contributed by atoms with van der Waals surface area (Å²) in [6, 6.07) is 0. The first kappa shape index (κ1) is 7.31. The van der Waals surface area contributed by atoms with Crippen molar-refractivity contribution in [2.45, 2.75) is 6.92 Å². The van der Waals surface area contributed by atoms with Crippen LogP contribution in [0.3, 0.4) is 0 Å². The molecule has 0 aliphatic rings. The number of hydrogen-bond donors (Lipinski definition) is 1. The van der Waals surface area contributed by atoms with E-state index in [1.54, 1.807) is 0 Å². The zero-order chi connectivity index (χ0) is 5.70. The third-order valence-electron chi connectivity index (χ3n) is 0.854. The van der Waals surface area contributed by atoms with Crippen molar-refractivity contribution in [1.29, 1.82) is 0 Å². The molecule has 0 aliphatic carbocycles. The van der Waals surface area contributed by atoms with Gasteiger partial charge in [-0.3, -0.25) is 0 Å². The highest BCUT2D eigenvalue weighted by molar-refractivity contribution is 7.98. The van der Waals surface area contributed by atoms with Gasteiger partial charge in [0.1, 0.15) is 0 Å². The fourth-order valence-corrected chi connectivity index (χ4v) is 1.06. The predicted molar refractivity (Wildman–Crippen MR) is 36.6 cm³/mol. The van der Waals surface area contributed by atoms with E-state index >= 15 is 0 Å². The quantitative estimate of drug-likeness (QED) is 0.598. The number of rotatable bonds is 3. The molecule has 0 fully saturated rings. The summed E-state index contributed by atoms with van der Waals surface area (Å²) < 4.78 is 0. The second-order valence-electron chi connectivity index (χ2n) is 1.80. The predicted octanol–water partition coefficient (Wildman–Crippen LogP) is 0.944. The fourth-order valence-electron chi connectivity index (χ4n) is 0.353. The lowest BCUT2D eigenvalue weighted by Crippen LogP contribution is -2.12. The van der Waals surface area contributed by atoms with Gasteiger partial charge >= 0.3 is 0 Å². The van der Waals surface area contributed by atoms with E-state index in [-0.39, 0.29) is 0 Å². The Morgan fingerprint density at radius 3 is 2.43 bits per heavy atom. The van der Waals surface area contributed by atoms with E-state index < -0.39 is 0 Å². The largest absolute Gasteiger partial charge is 0.330 e. The molecule has 0 bridgehead atoms. The summed E-state index contributed by atoms with van der Waals surface area (Å²) in [5.74, 6) is 1.88. The van der Waals surface area contributed by atoms with Gasteiger partial charge in [0.25, 0.3) is 0 Å². The van der Waals surface area contributed by atoms with Crippen molar-refractivity contribution in [3.8, 4) is 0 Å². The summed E-state index contributed by atoms with van der Waals surface area (Å²) >= 11 is 1.85. The molecule has 0 aromatic rings. The van der Waals surface area contributed by atoms with E-state index in [1.807, 2.05) is 11.8 Å². The summed E-state index contributed by atoms with van der Waals surface area (Å²) in [7, 11) is 0. The Kier molecular flexibility index (Phi) is 4.67. The van der Waals surface area contributed by atoms with Gasteiger partial charge in [-0.15, -0.1) is 0 Å². The Bertz CT molecular complexity index is 39.1. The van der Waals surface area contributed by atoms with Crippen molar-refractivity contribution in [3.63, 3.8) is 0 Å². The van der Waals surface area contributed by atoms with Gasteiger partial charge in [0.2, 0.25) is 0 Å². The van der Waals surface area contributed by atoms with Crippen molar-refractivity contribution >= 4 is 11.8 Å². The lowest BCUT2D eigenvalue weighted by Gasteiger charge is -2.02. The molecular weight excluding hydrogens is 106 g/mol. The van der Waals surface area contributed by atoms with E-state index in [9.17, 15) is 0 Å². The van der Waals surface area contributed by atoms with Crippen LogP contribution in [0.15, 0.2) is 0 Å². The average molecular weight is 119 g/mol. The van der Waals surface area contributed by atoms with Crippen molar-refractivity contribution in [3.05, 3.63) is 0 Å². The van der Waals surface area contributed by atoms with Crippen LogP contribution in [0.25, 0.3) is 0 Å². The molecule has 0 saturated heterocycles. The van der Waals surface area contributed by atoms with E-state index in [4.69, 9.17) is 5.73 Å². The van der Waals surface area contributed by atoms with E-state index in [0.717, 1.165) is 6.54 Å². The molecule has 1 atom stereocenters. The summed E-state index contributed by atoms with van der Waals surface area (Å²) in [5, 5.41) is 0. The Morgan fingerprint density at radius 1 is 1.71 bits per heavy atom. The summed E-state index contributed by atoms with van der Waals surface area (Å²) in [6.07, 6.45) is 2.10. The third kappa shape index (κ3) is 4.16. The number of hydrogen-bond acceptors (Lipinski definition) is 2. The third-order valence-corrected chi connectivity index (χ3v) is 1.76. The highest BCUT2D eigenvalue weighted by Gasteiger charge is 1.93. The van der Waals surface area contributed by atoms with Crippen LogP contribution in [0.1, 0.15) is 6.92 Å². The van der Waals surface area contributed by atoms with Crippen molar-refractivity contribution in [2.75, 3.05) is 18.6 Å². The Hall–Kier alpha value is 0.310. The van der Waals surface area contributed by atoms with Crippen molar-refractivity contribution < 1.29 is 0 Å². The SMILES string of the molecule is CSC[C@H](C)CN.